The molecule has 0 saturated carbocycles. The van der Waals surface area contributed by atoms with Crippen molar-refractivity contribution in [2.75, 3.05) is 46.1 Å². The largest absolute Gasteiger partial charge is 0.489 e. The molecule has 0 unspecified atom stereocenters. The second kappa shape index (κ2) is 13.4. The molecule has 0 radical (unpaired) electrons. The first kappa shape index (κ1) is 26.9. The minimum atomic E-state index is -1.03. The molecule has 4 rings (SSSR count). The Hall–Kier alpha value is -4.12. The van der Waals surface area contributed by atoms with Gasteiger partial charge in [0.15, 0.2) is 6.61 Å². The highest BCUT2D eigenvalue weighted by Gasteiger charge is 2.09. The first-order chi connectivity index (χ1) is 18.5. The molecule has 7 heteroatoms. The van der Waals surface area contributed by atoms with Gasteiger partial charge in [-0.1, -0.05) is 36.1 Å². The van der Waals surface area contributed by atoms with Crippen LogP contribution in [0.3, 0.4) is 0 Å². The molecular weight excluding hydrogens is 485 g/mol. The lowest BCUT2D eigenvalue weighted by atomic mass is 9.96. The van der Waals surface area contributed by atoms with Crippen LogP contribution in [0.25, 0.3) is 5.57 Å². The number of morpholine rings is 1. The summed E-state index contributed by atoms with van der Waals surface area (Å²) in [5, 5.41) is 8.80. The second-order valence-electron chi connectivity index (χ2n) is 8.81. The third-order valence-electron chi connectivity index (χ3n) is 6.03. The zero-order chi connectivity index (χ0) is 26.7. The molecule has 1 aliphatic heterocycles. The smallest absolute Gasteiger partial charge is 0.341 e. The topological polar surface area (TPSA) is 68.2 Å². The first-order valence-corrected chi connectivity index (χ1v) is 12.4. The van der Waals surface area contributed by atoms with E-state index < -0.39 is 12.6 Å². The van der Waals surface area contributed by atoms with Gasteiger partial charge < -0.3 is 19.3 Å². The highest BCUT2D eigenvalue weighted by atomic mass is 19.1. The van der Waals surface area contributed by atoms with E-state index in [9.17, 15) is 9.18 Å². The van der Waals surface area contributed by atoms with Crippen LogP contribution in [0.1, 0.15) is 22.3 Å². The molecule has 0 spiro atoms. The van der Waals surface area contributed by atoms with E-state index in [1.165, 1.54) is 12.1 Å². The van der Waals surface area contributed by atoms with Gasteiger partial charge in [0.05, 0.1) is 19.8 Å². The SMILES string of the molecule is Cc1cc(OCC=C(c2ccc(F)cc2)c2ccc(C#CCN3CCOCC3)cc2)ccc1OCC(=O)O. The van der Waals surface area contributed by atoms with Gasteiger partial charge in [-0.3, -0.25) is 4.90 Å². The van der Waals surface area contributed by atoms with Crippen molar-refractivity contribution in [3.05, 3.63) is 101 Å². The van der Waals surface area contributed by atoms with E-state index in [4.69, 9.17) is 19.3 Å². The monoisotopic (exact) mass is 515 g/mol. The van der Waals surface area contributed by atoms with Crippen molar-refractivity contribution < 1.29 is 28.5 Å². The fourth-order valence-electron chi connectivity index (χ4n) is 4.01. The fraction of sp³-hybridized carbons (Fsp3) is 0.258. The quantitative estimate of drug-likeness (QED) is 0.414. The Labute approximate surface area is 222 Å². The summed E-state index contributed by atoms with van der Waals surface area (Å²) in [6, 6.07) is 19.6. The van der Waals surface area contributed by atoms with Gasteiger partial charge in [0.2, 0.25) is 0 Å². The Morgan fingerprint density at radius 3 is 2.37 bits per heavy atom. The number of carbonyl (C=O) groups is 1. The molecule has 0 amide bonds. The number of nitrogens with zero attached hydrogens (tertiary/aromatic N) is 1. The van der Waals surface area contributed by atoms with E-state index in [2.05, 4.69) is 16.7 Å². The van der Waals surface area contributed by atoms with Crippen LogP contribution in [-0.2, 0) is 9.53 Å². The molecule has 0 atom stereocenters. The van der Waals surface area contributed by atoms with Crippen LogP contribution in [0, 0.1) is 24.6 Å². The number of hydrogen-bond acceptors (Lipinski definition) is 5. The Balaban J connectivity index is 1.46. The molecule has 1 aliphatic rings. The fourth-order valence-corrected chi connectivity index (χ4v) is 4.01. The van der Waals surface area contributed by atoms with Crippen LogP contribution < -0.4 is 9.47 Å². The highest BCUT2D eigenvalue weighted by Crippen LogP contribution is 2.26. The van der Waals surface area contributed by atoms with E-state index in [-0.39, 0.29) is 12.4 Å². The van der Waals surface area contributed by atoms with Gasteiger partial charge >= 0.3 is 5.97 Å². The Kier molecular flexibility index (Phi) is 9.52. The zero-order valence-corrected chi connectivity index (χ0v) is 21.3. The molecule has 0 aromatic heterocycles. The number of aryl methyl sites for hydroxylation is 1. The molecule has 3 aromatic rings. The summed E-state index contributed by atoms with van der Waals surface area (Å²) in [6.07, 6.45) is 1.95. The van der Waals surface area contributed by atoms with E-state index >= 15 is 0 Å². The zero-order valence-electron chi connectivity index (χ0n) is 21.3. The van der Waals surface area contributed by atoms with Crippen molar-refractivity contribution in [2.45, 2.75) is 6.92 Å². The molecular formula is C31H30FNO5. The van der Waals surface area contributed by atoms with Crippen molar-refractivity contribution in [1.29, 1.82) is 0 Å². The van der Waals surface area contributed by atoms with Crippen molar-refractivity contribution in [1.82, 2.24) is 4.90 Å². The predicted molar refractivity (Wildman–Crippen MR) is 144 cm³/mol. The van der Waals surface area contributed by atoms with Crippen LogP contribution in [0.4, 0.5) is 4.39 Å². The number of carboxylic acid groups (broad SMARTS) is 1. The Morgan fingerprint density at radius 2 is 1.71 bits per heavy atom. The summed E-state index contributed by atoms with van der Waals surface area (Å²) in [6.45, 7) is 5.75. The van der Waals surface area contributed by atoms with Gasteiger partial charge in [-0.05, 0) is 77.7 Å². The lowest BCUT2D eigenvalue weighted by Crippen LogP contribution is -2.36. The highest BCUT2D eigenvalue weighted by molar-refractivity contribution is 5.80. The predicted octanol–water partition coefficient (Wildman–Crippen LogP) is 4.79. The maximum Gasteiger partial charge on any atom is 0.341 e. The summed E-state index contributed by atoms with van der Waals surface area (Å²) >= 11 is 0. The maximum atomic E-state index is 13.6. The number of benzene rings is 3. The summed E-state index contributed by atoms with van der Waals surface area (Å²) in [5.74, 6) is 6.26. The third kappa shape index (κ3) is 7.94. The summed E-state index contributed by atoms with van der Waals surface area (Å²) in [4.78, 5) is 13.0. The lowest BCUT2D eigenvalue weighted by molar-refractivity contribution is -0.139. The molecule has 1 heterocycles. The van der Waals surface area contributed by atoms with Crippen LogP contribution in [0.15, 0.2) is 72.8 Å². The van der Waals surface area contributed by atoms with E-state index in [1.54, 1.807) is 30.3 Å². The van der Waals surface area contributed by atoms with Gasteiger partial charge in [0, 0.05) is 18.7 Å². The van der Waals surface area contributed by atoms with Crippen LogP contribution in [-0.4, -0.2) is 62.0 Å². The summed E-state index contributed by atoms with van der Waals surface area (Å²) in [7, 11) is 0. The van der Waals surface area contributed by atoms with E-state index in [0.29, 0.717) is 11.5 Å². The van der Waals surface area contributed by atoms with Crippen molar-refractivity contribution in [2.24, 2.45) is 0 Å². The van der Waals surface area contributed by atoms with E-state index in [1.807, 2.05) is 37.3 Å². The molecule has 1 N–H and O–H groups in total. The number of ether oxygens (including phenoxy) is 3. The number of halogens is 1. The molecule has 196 valence electrons. The van der Waals surface area contributed by atoms with Crippen LogP contribution >= 0.6 is 0 Å². The Morgan fingerprint density at radius 1 is 1.03 bits per heavy atom. The first-order valence-electron chi connectivity index (χ1n) is 12.4. The Bertz CT molecular complexity index is 1320. The van der Waals surface area contributed by atoms with Gasteiger partial charge in [-0.15, -0.1) is 0 Å². The molecule has 0 aliphatic carbocycles. The van der Waals surface area contributed by atoms with Crippen molar-refractivity contribution >= 4 is 11.5 Å². The molecule has 1 saturated heterocycles. The third-order valence-corrected chi connectivity index (χ3v) is 6.03. The molecule has 6 nitrogen and oxygen atoms in total. The van der Waals surface area contributed by atoms with Gasteiger partial charge in [0.1, 0.15) is 23.9 Å². The number of hydrogen-bond donors (Lipinski definition) is 1. The molecule has 3 aromatic carbocycles. The van der Waals surface area contributed by atoms with Crippen LogP contribution in [0.2, 0.25) is 0 Å². The van der Waals surface area contributed by atoms with Gasteiger partial charge in [-0.2, -0.15) is 0 Å². The molecule has 1 fully saturated rings. The minimum absolute atomic E-state index is 0.280. The van der Waals surface area contributed by atoms with Crippen molar-refractivity contribution in [3.63, 3.8) is 0 Å². The number of rotatable bonds is 9. The average Bonchev–Trinajstić information content (AvgIpc) is 2.92. The summed E-state index contributed by atoms with van der Waals surface area (Å²) in [5.41, 5.74) is 4.45. The second-order valence-corrected chi connectivity index (χ2v) is 8.81. The van der Waals surface area contributed by atoms with Gasteiger partial charge in [-0.25, -0.2) is 9.18 Å². The number of carboxylic acids is 1. The maximum absolute atomic E-state index is 13.6. The average molecular weight is 516 g/mol. The van der Waals surface area contributed by atoms with Crippen molar-refractivity contribution in [3.8, 4) is 23.3 Å². The minimum Gasteiger partial charge on any atom is -0.489 e. The normalized spacial score (nSPS) is 13.9. The van der Waals surface area contributed by atoms with E-state index in [0.717, 1.165) is 60.7 Å². The van der Waals surface area contributed by atoms with Gasteiger partial charge in [0.25, 0.3) is 0 Å². The summed E-state index contributed by atoms with van der Waals surface area (Å²) < 4.78 is 30.2. The molecule has 38 heavy (non-hydrogen) atoms. The molecule has 0 bridgehead atoms. The van der Waals surface area contributed by atoms with Crippen LogP contribution in [0.5, 0.6) is 11.5 Å². The lowest BCUT2D eigenvalue weighted by Gasteiger charge is -2.24. The standard InChI is InChI=1S/C31H30FNO5/c1-23-21-28(12-13-30(23)38-22-31(34)35)37-18-14-29(26-8-10-27(32)11-9-26)25-6-4-24(5-7-25)3-2-15-33-16-19-36-20-17-33/h4-14,21H,15-20,22H2,1H3,(H,34,35). The number of aliphatic carboxylic acids is 1.